The van der Waals surface area contributed by atoms with E-state index in [1.807, 2.05) is 70.9 Å². The third-order valence-corrected chi connectivity index (χ3v) is 26.8. The summed E-state index contributed by atoms with van der Waals surface area (Å²) in [5.41, 5.74) is 14.9. The van der Waals surface area contributed by atoms with Gasteiger partial charge in [0.05, 0.1) is 58.9 Å². The number of hydrogen-bond acceptors (Lipinski definition) is 26. The van der Waals surface area contributed by atoms with Gasteiger partial charge in [0.2, 0.25) is 20.4 Å². The van der Waals surface area contributed by atoms with Gasteiger partial charge in [0.15, 0.2) is 57.4 Å². The van der Waals surface area contributed by atoms with Crippen molar-refractivity contribution in [3.05, 3.63) is 302 Å². The number of aromatic nitrogens is 4. The summed E-state index contributed by atoms with van der Waals surface area (Å²) in [6, 6.07) is 60.6. The lowest BCUT2D eigenvalue weighted by atomic mass is 9.87. The Kier molecular flexibility index (Phi) is 36.6. The fourth-order valence-corrected chi connectivity index (χ4v) is 19.4. The highest BCUT2D eigenvalue weighted by atomic mass is 32.1. The lowest BCUT2D eigenvalue weighted by Gasteiger charge is -2.29. The fourth-order valence-electron chi connectivity index (χ4n) is 16.1. The highest BCUT2D eigenvalue weighted by Crippen LogP contribution is 2.38. The number of hydrogen-bond donors (Lipinski definition) is 3. The second-order valence-electron chi connectivity index (χ2n) is 36.0. The van der Waals surface area contributed by atoms with E-state index in [2.05, 4.69) is 229 Å². The van der Waals surface area contributed by atoms with Gasteiger partial charge in [-0.25, -0.2) is 29.5 Å². The number of benzene rings is 8. The van der Waals surface area contributed by atoms with Crippen LogP contribution in [0.5, 0.6) is 51.7 Å². The molecule has 16 rings (SSSR count). The number of thiazole rings is 4. The molecule has 1 atom stereocenters. The van der Waals surface area contributed by atoms with Crippen molar-refractivity contribution in [2.45, 2.75) is 183 Å². The lowest BCUT2D eigenvalue weighted by Crippen LogP contribution is -2.37. The molecule has 135 heavy (non-hydrogen) atoms. The van der Waals surface area contributed by atoms with Crippen molar-refractivity contribution < 1.29 is 67.2 Å². The Labute approximate surface area is 810 Å². The molecule has 8 aromatic carbocycles. The van der Waals surface area contributed by atoms with Gasteiger partial charge >= 0.3 is 11.9 Å². The first-order valence-corrected chi connectivity index (χ1v) is 49.6. The van der Waals surface area contributed by atoms with Gasteiger partial charge in [0.1, 0.15) is 31.5 Å². The Hall–Kier alpha value is -11.8. The Morgan fingerprint density at radius 2 is 0.815 bits per heavy atom. The summed E-state index contributed by atoms with van der Waals surface area (Å²) in [5.74, 6) is 5.10. The number of carbonyl (C=O) groups excluding carboxylic acids is 1. The van der Waals surface area contributed by atoms with Crippen molar-refractivity contribution in [1.29, 1.82) is 0 Å². The molecule has 0 spiro atoms. The van der Waals surface area contributed by atoms with Crippen molar-refractivity contribution in [3.63, 3.8) is 0 Å². The molecule has 8 heterocycles. The SMILES string of the molecule is C=C(NC(C)c1ccccc1)c1csc(CN(Cc2ccc(OC)cc2)Cc2ccc3c(c2)OCO3)n1.CCCN(CCC)C(=O)c1csc(CN(Cc2ccc(C(C)(C)C)cc2)Cc2ccc3c(c2)OCO3)n1.COc1ccc(CCN(Cc2ccc(C(C)(C)C)cc2)Cc2nc(C(=O)O)cs2)cc1OC.O=C(O)c1csc(CN(CCN2CCCCC2)Cc2ccc3c(c2)OCO3)n1. The third kappa shape index (κ3) is 30.1. The van der Waals surface area contributed by atoms with E-state index in [9.17, 15) is 19.5 Å². The molecule has 0 bridgehead atoms. The maximum atomic E-state index is 13.1. The number of nitrogens with zero attached hydrogens (tertiary/aromatic N) is 10. The zero-order valence-corrected chi connectivity index (χ0v) is 82.9. The minimum atomic E-state index is -0.993. The van der Waals surface area contributed by atoms with Crippen LogP contribution in [0.15, 0.2) is 204 Å². The number of methoxy groups -OCH3 is 3. The van der Waals surface area contributed by atoms with Crippen LogP contribution in [0.1, 0.15) is 213 Å². The zero-order chi connectivity index (χ0) is 95.4. The molecule has 1 fully saturated rings. The molecule has 4 aromatic heterocycles. The number of rotatable bonds is 40. The van der Waals surface area contributed by atoms with Gasteiger partial charge in [0.25, 0.3) is 5.91 Å². The van der Waals surface area contributed by atoms with Crippen molar-refractivity contribution in [2.75, 3.05) is 87.5 Å². The molecule has 29 heteroatoms. The van der Waals surface area contributed by atoms with Gasteiger partial charge in [0, 0.05) is 99.6 Å². The van der Waals surface area contributed by atoms with E-state index in [-0.39, 0.29) is 54.5 Å². The van der Waals surface area contributed by atoms with Gasteiger partial charge in [-0.2, -0.15) is 0 Å². The number of aromatic carboxylic acids is 2. The minimum Gasteiger partial charge on any atom is -0.497 e. The van der Waals surface area contributed by atoms with E-state index in [1.54, 1.807) is 54.8 Å². The van der Waals surface area contributed by atoms with Gasteiger partial charge in [-0.05, 0) is 179 Å². The molecule has 0 aliphatic carbocycles. The zero-order valence-electron chi connectivity index (χ0n) is 79.6. The lowest BCUT2D eigenvalue weighted by molar-refractivity contribution is 0.0680. The van der Waals surface area contributed by atoms with Gasteiger partial charge in [-0.15, -0.1) is 45.3 Å². The van der Waals surface area contributed by atoms with Crippen LogP contribution in [0.4, 0.5) is 0 Å². The molecule has 0 radical (unpaired) electrons. The van der Waals surface area contributed by atoms with Crippen molar-refractivity contribution in [2.24, 2.45) is 0 Å². The van der Waals surface area contributed by atoms with E-state index in [4.69, 9.17) is 57.7 Å². The molecule has 12 aromatic rings. The van der Waals surface area contributed by atoms with Crippen LogP contribution in [-0.2, 0) is 82.7 Å². The van der Waals surface area contributed by atoms with E-state index < -0.39 is 11.9 Å². The van der Waals surface area contributed by atoms with Crippen LogP contribution < -0.4 is 47.9 Å². The molecule has 1 saturated heterocycles. The number of likely N-dealkylation sites (tertiary alicyclic amines) is 1. The summed E-state index contributed by atoms with van der Waals surface area (Å²) in [6.07, 6.45) is 6.58. The van der Waals surface area contributed by atoms with Gasteiger partial charge in [-0.3, -0.25) is 24.4 Å². The molecule has 714 valence electrons. The summed E-state index contributed by atoms with van der Waals surface area (Å²) in [5, 5.41) is 32.6. The van der Waals surface area contributed by atoms with E-state index in [1.165, 1.54) is 75.3 Å². The molecule has 1 unspecified atom stereocenters. The molecule has 3 N–H and O–H groups in total. The second kappa shape index (κ2) is 49.1. The molecule has 4 aliphatic heterocycles. The number of piperidine rings is 1. The highest BCUT2D eigenvalue weighted by Gasteiger charge is 2.26. The predicted octanol–water partition coefficient (Wildman–Crippen LogP) is 21.5. The maximum absolute atomic E-state index is 13.1. The van der Waals surface area contributed by atoms with Crippen LogP contribution in [-0.4, -0.2) is 165 Å². The first-order chi connectivity index (χ1) is 65.2. The molecule has 25 nitrogen and oxygen atoms in total. The number of fused-ring (bicyclic) bond motifs is 3. The Balaban J connectivity index is 0.000000153. The van der Waals surface area contributed by atoms with Crippen molar-refractivity contribution in [1.82, 2.24) is 54.7 Å². The van der Waals surface area contributed by atoms with Crippen LogP contribution in [0.3, 0.4) is 0 Å². The van der Waals surface area contributed by atoms with E-state index >= 15 is 0 Å². The summed E-state index contributed by atoms with van der Waals surface area (Å²) >= 11 is 6.01. The molecule has 1 amide bonds. The molecule has 4 aliphatic rings. The summed E-state index contributed by atoms with van der Waals surface area (Å²) in [6.45, 7) is 38.5. The third-order valence-electron chi connectivity index (χ3n) is 23.5. The van der Waals surface area contributed by atoms with Gasteiger partial charge in [-0.1, -0.05) is 184 Å². The number of nitrogens with one attached hydrogen (secondary N) is 1. The number of ether oxygens (including phenoxy) is 9. The Morgan fingerprint density at radius 1 is 0.430 bits per heavy atom. The van der Waals surface area contributed by atoms with Crippen LogP contribution in [0.2, 0.25) is 0 Å². The summed E-state index contributed by atoms with van der Waals surface area (Å²) < 4.78 is 49.2. The first kappa shape index (κ1) is 101. The number of amides is 1. The molecule has 0 saturated carbocycles. The quantitative estimate of drug-likeness (QED) is 0.0322. The highest BCUT2D eigenvalue weighted by molar-refractivity contribution is 7.10. The van der Waals surface area contributed by atoms with E-state index in [0.29, 0.717) is 43.4 Å². The van der Waals surface area contributed by atoms with Crippen LogP contribution >= 0.6 is 45.3 Å². The number of carboxylic acid groups (broad SMARTS) is 2. The topological polar surface area (TPSA) is 258 Å². The van der Waals surface area contributed by atoms with Crippen LogP contribution in [0.25, 0.3) is 5.70 Å². The molecular formula is C106H127N11O14S4. The van der Waals surface area contributed by atoms with Crippen molar-refractivity contribution >= 4 is 68.9 Å². The largest absolute Gasteiger partial charge is 0.497 e. The van der Waals surface area contributed by atoms with E-state index in [0.717, 1.165) is 198 Å². The Morgan fingerprint density at radius 3 is 1.25 bits per heavy atom. The average molecular weight is 1910 g/mol. The predicted molar refractivity (Wildman–Crippen MR) is 535 cm³/mol. The number of carboxylic acids is 2. The standard InChI is InChI=1S/C30H31N3O3S.C30H39N3O3S.C26H32N2O4S.C20H25N3O4S/c1-21(25-7-5-4-6-8-25)31-22(2)27-19-37-30(32-27)18-33(16-23-9-12-26(34-3)13-10-23)17-24-11-14-28-29(15-24)36-20-35-28;1-6-14-33(15-7-2)29(34)25-20-37-28(31-25)19-32(17-22-8-11-24(12-9-22)30(3,4)5)18-23-10-13-26-27(16-23)36-21-35-26;1-26(2,3)20-9-6-19(7-10-20)15-28(16-24-27-21(17-33-24)25(29)30)13-12-18-8-11-22(31-4)23(14-18)32-5;24-20(25)16-13-28-19(21-16)12-23(9-8-22-6-2-1-3-7-22)11-15-4-5-17-18(10-15)27-14-26-17/h4-15,19,21,31H,2,16-18,20H2,1,3H3;8-13,16,20H,6-7,14-15,17-19,21H2,1-5H3;6-11,14,17H,12-13,15-16H2,1-5H3,(H,29,30);4-5,10,13H,1-3,6-9,11-12,14H2,(H,24,25). The summed E-state index contributed by atoms with van der Waals surface area (Å²) in [7, 11) is 4.95. The minimum absolute atomic E-state index is 0.0336. The normalized spacial score (nSPS) is 13.3. The Bertz CT molecular complexity index is 5800. The maximum Gasteiger partial charge on any atom is 0.355 e. The monoisotopic (exact) mass is 1910 g/mol. The average Bonchev–Trinajstić information content (AvgIpc) is 1.76. The van der Waals surface area contributed by atoms with Crippen molar-refractivity contribution in [3.8, 4) is 51.7 Å². The second-order valence-corrected chi connectivity index (χ2v) is 39.8. The van der Waals surface area contributed by atoms with Gasteiger partial charge < -0.3 is 68.0 Å². The smallest absolute Gasteiger partial charge is 0.355 e. The summed E-state index contributed by atoms with van der Waals surface area (Å²) in [4.78, 5) is 67.5. The fraction of sp³-hybridized carbons (Fsp3) is 0.387. The number of carbonyl (C=O) groups is 3. The first-order valence-electron chi connectivity index (χ1n) is 46.0. The van der Waals surface area contributed by atoms with Crippen LogP contribution in [0, 0.1) is 0 Å². The molecular weight excluding hydrogens is 1780 g/mol.